The summed E-state index contributed by atoms with van der Waals surface area (Å²) < 4.78 is 0. The molecule has 2 aliphatic carbocycles. The van der Waals surface area contributed by atoms with Crippen molar-refractivity contribution in [1.82, 2.24) is 9.97 Å². The van der Waals surface area contributed by atoms with Crippen LogP contribution < -0.4 is 0 Å². The van der Waals surface area contributed by atoms with Crippen molar-refractivity contribution in [2.24, 2.45) is 11.8 Å². The number of hydrogen-bond donors (Lipinski definition) is 1. The van der Waals surface area contributed by atoms with E-state index in [0.29, 0.717) is 22.9 Å². The molecule has 0 radical (unpaired) electrons. The van der Waals surface area contributed by atoms with E-state index < -0.39 is 0 Å². The SMILES string of the molecule is CCc1nc(Cl)cc([C@H]2[C@@H]3CC(O)C[C@@H]32)n1. The predicted octanol–water partition coefficient (Wildman–Crippen LogP) is 2.18. The van der Waals surface area contributed by atoms with Gasteiger partial charge in [0.15, 0.2) is 0 Å². The Morgan fingerprint density at radius 1 is 1.38 bits per heavy atom. The first kappa shape index (κ1) is 10.5. The zero-order valence-corrected chi connectivity index (χ0v) is 9.98. The first-order valence-corrected chi connectivity index (χ1v) is 6.28. The lowest BCUT2D eigenvalue weighted by Gasteiger charge is -2.08. The van der Waals surface area contributed by atoms with Gasteiger partial charge in [-0.25, -0.2) is 9.97 Å². The summed E-state index contributed by atoms with van der Waals surface area (Å²) in [5.41, 5.74) is 1.08. The smallest absolute Gasteiger partial charge is 0.133 e. The van der Waals surface area contributed by atoms with Crippen molar-refractivity contribution in [3.8, 4) is 0 Å². The number of rotatable bonds is 2. The molecule has 1 aromatic rings. The van der Waals surface area contributed by atoms with Crippen LogP contribution in [0.2, 0.25) is 5.15 Å². The minimum atomic E-state index is -0.0887. The molecule has 0 spiro atoms. The molecule has 2 saturated carbocycles. The Hall–Kier alpha value is -0.670. The number of halogens is 1. The highest BCUT2D eigenvalue weighted by Crippen LogP contribution is 2.62. The van der Waals surface area contributed by atoms with E-state index >= 15 is 0 Å². The molecule has 1 aromatic heterocycles. The third-order valence-corrected chi connectivity index (χ3v) is 4.03. The second-order valence-electron chi connectivity index (χ2n) is 4.86. The van der Waals surface area contributed by atoms with Crippen molar-refractivity contribution in [1.29, 1.82) is 0 Å². The lowest BCUT2D eigenvalue weighted by atomic mass is 10.1. The summed E-state index contributed by atoms with van der Waals surface area (Å²) >= 11 is 5.99. The van der Waals surface area contributed by atoms with E-state index in [1.165, 1.54) is 0 Å². The first-order chi connectivity index (χ1) is 7.69. The fourth-order valence-corrected chi connectivity index (χ4v) is 3.27. The molecular weight excluding hydrogens is 224 g/mol. The Kier molecular flexibility index (Phi) is 2.41. The molecule has 4 heteroatoms. The van der Waals surface area contributed by atoms with Gasteiger partial charge in [-0.2, -0.15) is 0 Å². The third-order valence-electron chi connectivity index (χ3n) is 3.84. The van der Waals surface area contributed by atoms with Gasteiger partial charge in [-0.15, -0.1) is 0 Å². The number of nitrogens with zero attached hydrogens (tertiary/aromatic N) is 2. The highest BCUT2D eigenvalue weighted by molar-refractivity contribution is 6.29. The molecule has 0 amide bonds. The number of hydrogen-bond acceptors (Lipinski definition) is 3. The van der Waals surface area contributed by atoms with Crippen LogP contribution in [0, 0.1) is 11.8 Å². The van der Waals surface area contributed by atoms with Crippen molar-refractivity contribution in [2.75, 3.05) is 0 Å². The summed E-state index contributed by atoms with van der Waals surface area (Å²) in [4.78, 5) is 8.72. The van der Waals surface area contributed by atoms with Gasteiger partial charge in [-0.3, -0.25) is 0 Å². The summed E-state index contributed by atoms with van der Waals surface area (Å²) in [6.45, 7) is 2.03. The minimum Gasteiger partial charge on any atom is -0.393 e. The lowest BCUT2D eigenvalue weighted by molar-refractivity contribution is 0.165. The minimum absolute atomic E-state index is 0.0887. The Morgan fingerprint density at radius 2 is 2.06 bits per heavy atom. The van der Waals surface area contributed by atoms with Crippen LogP contribution in [0.1, 0.15) is 37.2 Å². The van der Waals surface area contributed by atoms with E-state index in [0.717, 1.165) is 30.8 Å². The Labute approximate surface area is 99.9 Å². The maximum Gasteiger partial charge on any atom is 0.133 e. The molecule has 2 fully saturated rings. The summed E-state index contributed by atoms with van der Waals surface area (Å²) in [5, 5.41) is 10.0. The molecule has 0 bridgehead atoms. The molecule has 2 aliphatic rings. The van der Waals surface area contributed by atoms with Crippen molar-refractivity contribution >= 4 is 11.6 Å². The average Bonchev–Trinajstić information content (AvgIpc) is 2.76. The highest BCUT2D eigenvalue weighted by Gasteiger charge is 2.57. The van der Waals surface area contributed by atoms with E-state index in [2.05, 4.69) is 9.97 Å². The predicted molar refractivity (Wildman–Crippen MR) is 61.4 cm³/mol. The van der Waals surface area contributed by atoms with Gasteiger partial charge in [0.1, 0.15) is 11.0 Å². The fraction of sp³-hybridized carbons (Fsp3) is 0.667. The number of fused-ring (bicyclic) bond motifs is 1. The summed E-state index contributed by atoms with van der Waals surface area (Å²) in [5.74, 6) is 2.61. The number of aliphatic hydroxyl groups excluding tert-OH is 1. The molecular formula is C12H15ClN2O. The van der Waals surface area contributed by atoms with Gasteiger partial charge < -0.3 is 5.11 Å². The van der Waals surface area contributed by atoms with Gasteiger partial charge in [-0.05, 0) is 30.7 Å². The van der Waals surface area contributed by atoms with Crippen LogP contribution in [0.5, 0.6) is 0 Å². The quantitative estimate of drug-likeness (QED) is 0.804. The molecule has 0 saturated heterocycles. The van der Waals surface area contributed by atoms with Gasteiger partial charge in [0.25, 0.3) is 0 Å². The Balaban J connectivity index is 1.84. The molecule has 0 aromatic carbocycles. The fourth-order valence-electron chi connectivity index (χ4n) is 3.06. The second kappa shape index (κ2) is 3.67. The van der Waals surface area contributed by atoms with Gasteiger partial charge in [0.2, 0.25) is 0 Å². The standard InChI is InChI=1S/C12H15ClN2O/c1-2-11-14-9(5-10(13)15-11)12-7-3-6(16)4-8(7)12/h5-8,12,16H,2-4H2,1H3/t6?,7-,8+,12+. The maximum atomic E-state index is 9.49. The summed E-state index contributed by atoms with van der Waals surface area (Å²) in [6.07, 6.45) is 2.59. The van der Waals surface area contributed by atoms with Crippen molar-refractivity contribution in [3.05, 3.63) is 22.7 Å². The van der Waals surface area contributed by atoms with E-state index in [4.69, 9.17) is 11.6 Å². The molecule has 1 unspecified atom stereocenters. The summed E-state index contributed by atoms with van der Waals surface area (Å²) in [7, 11) is 0. The van der Waals surface area contributed by atoms with Crippen LogP contribution in [0.4, 0.5) is 0 Å². The van der Waals surface area contributed by atoms with Gasteiger partial charge >= 0.3 is 0 Å². The molecule has 16 heavy (non-hydrogen) atoms. The molecule has 3 rings (SSSR count). The van der Waals surface area contributed by atoms with E-state index in [1.54, 1.807) is 0 Å². The van der Waals surface area contributed by atoms with Crippen LogP contribution in [0.3, 0.4) is 0 Å². The zero-order valence-electron chi connectivity index (χ0n) is 9.23. The van der Waals surface area contributed by atoms with Crippen molar-refractivity contribution < 1.29 is 5.11 Å². The van der Waals surface area contributed by atoms with E-state index in [-0.39, 0.29) is 6.10 Å². The van der Waals surface area contributed by atoms with Crippen LogP contribution in [-0.2, 0) is 6.42 Å². The van der Waals surface area contributed by atoms with E-state index in [1.807, 2.05) is 13.0 Å². The van der Waals surface area contributed by atoms with Crippen LogP contribution >= 0.6 is 11.6 Å². The number of aryl methyl sites for hydroxylation is 1. The normalized spacial score (nSPS) is 36.2. The molecule has 0 aliphatic heterocycles. The topological polar surface area (TPSA) is 46.0 Å². The molecule has 86 valence electrons. The first-order valence-electron chi connectivity index (χ1n) is 5.90. The Bertz CT molecular complexity index is 411. The van der Waals surface area contributed by atoms with Crippen LogP contribution in [-0.4, -0.2) is 21.2 Å². The highest BCUT2D eigenvalue weighted by atomic mass is 35.5. The number of aliphatic hydroxyl groups is 1. The second-order valence-corrected chi connectivity index (χ2v) is 5.25. The van der Waals surface area contributed by atoms with Crippen molar-refractivity contribution in [2.45, 2.75) is 38.2 Å². The van der Waals surface area contributed by atoms with E-state index in [9.17, 15) is 5.11 Å². The maximum absolute atomic E-state index is 9.49. The molecule has 3 nitrogen and oxygen atoms in total. The average molecular weight is 239 g/mol. The largest absolute Gasteiger partial charge is 0.393 e. The van der Waals surface area contributed by atoms with Gasteiger partial charge in [-0.1, -0.05) is 18.5 Å². The summed E-state index contributed by atoms with van der Waals surface area (Å²) in [6, 6.07) is 1.89. The molecule has 4 atom stereocenters. The van der Waals surface area contributed by atoms with Crippen molar-refractivity contribution in [3.63, 3.8) is 0 Å². The molecule has 1 N–H and O–H groups in total. The monoisotopic (exact) mass is 238 g/mol. The third kappa shape index (κ3) is 1.62. The van der Waals surface area contributed by atoms with Gasteiger partial charge in [0, 0.05) is 18.0 Å². The Morgan fingerprint density at radius 3 is 2.69 bits per heavy atom. The number of aromatic nitrogens is 2. The van der Waals surface area contributed by atoms with Crippen LogP contribution in [0.25, 0.3) is 0 Å². The zero-order chi connectivity index (χ0) is 11.3. The van der Waals surface area contributed by atoms with Gasteiger partial charge in [0.05, 0.1) is 6.10 Å². The molecule has 1 heterocycles. The van der Waals surface area contributed by atoms with Crippen LogP contribution in [0.15, 0.2) is 6.07 Å². The lowest BCUT2D eigenvalue weighted by Crippen LogP contribution is -2.06.